The van der Waals surface area contributed by atoms with Gasteiger partial charge in [0, 0.05) is 24.2 Å². The lowest BCUT2D eigenvalue weighted by atomic mass is 10.2. The van der Waals surface area contributed by atoms with Crippen molar-refractivity contribution in [1.82, 2.24) is 10.3 Å². The van der Waals surface area contributed by atoms with E-state index in [1.807, 2.05) is 13.1 Å². The minimum Gasteiger partial charge on any atom is -0.492 e. The Hall–Kier alpha value is -1.60. The number of ether oxygens (including phenoxy) is 1. The first-order valence-corrected chi connectivity index (χ1v) is 7.19. The van der Waals surface area contributed by atoms with Crippen LogP contribution in [0.15, 0.2) is 30.5 Å². The van der Waals surface area contributed by atoms with Crippen LogP contribution >= 0.6 is 11.3 Å². The summed E-state index contributed by atoms with van der Waals surface area (Å²) >= 11 is 1.63. The van der Waals surface area contributed by atoms with Crippen LogP contribution in [0.4, 0.5) is 13.2 Å². The van der Waals surface area contributed by atoms with Crippen LogP contribution in [-0.4, -0.2) is 18.1 Å². The van der Waals surface area contributed by atoms with Crippen LogP contribution in [0.2, 0.25) is 0 Å². The second-order valence-corrected chi connectivity index (χ2v) is 5.71. The molecule has 1 heterocycles. The number of aryl methyl sites for hydroxylation is 1. The fourth-order valence-corrected chi connectivity index (χ4v) is 2.44. The highest BCUT2D eigenvalue weighted by molar-refractivity contribution is 7.11. The van der Waals surface area contributed by atoms with Gasteiger partial charge >= 0.3 is 6.18 Å². The lowest BCUT2D eigenvalue weighted by Gasteiger charge is -2.09. The zero-order valence-corrected chi connectivity index (χ0v) is 12.2. The molecule has 0 saturated heterocycles. The molecule has 0 bridgehead atoms. The number of thiazole rings is 1. The summed E-state index contributed by atoms with van der Waals surface area (Å²) in [4.78, 5) is 5.29. The molecule has 7 heteroatoms. The summed E-state index contributed by atoms with van der Waals surface area (Å²) in [6.07, 6.45) is -2.49. The van der Waals surface area contributed by atoms with Crippen LogP contribution in [-0.2, 0) is 12.7 Å². The third-order valence-electron chi connectivity index (χ3n) is 2.70. The van der Waals surface area contributed by atoms with Gasteiger partial charge in [-0.05, 0) is 31.2 Å². The van der Waals surface area contributed by atoms with Gasteiger partial charge < -0.3 is 10.1 Å². The summed E-state index contributed by atoms with van der Waals surface area (Å²) in [7, 11) is 0. The average Bonchev–Trinajstić information content (AvgIpc) is 2.84. The van der Waals surface area contributed by atoms with Crippen molar-refractivity contribution in [2.45, 2.75) is 19.6 Å². The number of nitrogens with one attached hydrogen (secondary N) is 1. The SMILES string of the molecule is Cc1ncc(CNCCOc2ccc(C(F)(F)F)cc2)s1. The van der Waals surface area contributed by atoms with Gasteiger partial charge in [-0.3, -0.25) is 0 Å². The predicted molar refractivity (Wildman–Crippen MR) is 75.5 cm³/mol. The van der Waals surface area contributed by atoms with E-state index in [0.717, 1.165) is 22.0 Å². The highest BCUT2D eigenvalue weighted by Crippen LogP contribution is 2.30. The van der Waals surface area contributed by atoms with Gasteiger partial charge in [-0.25, -0.2) is 4.98 Å². The standard InChI is InChI=1S/C14H15F3N2OS/c1-10-19-9-13(21-10)8-18-6-7-20-12-4-2-11(3-5-12)14(15,16)17/h2-5,9,18H,6-8H2,1H3. The second kappa shape index (κ2) is 6.91. The number of hydrogen-bond donors (Lipinski definition) is 1. The molecule has 1 N–H and O–H groups in total. The van der Waals surface area contributed by atoms with Gasteiger partial charge in [0.05, 0.1) is 10.6 Å². The number of halogens is 3. The van der Waals surface area contributed by atoms with E-state index in [9.17, 15) is 13.2 Å². The number of benzene rings is 1. The third-order valence-corrected chi connectivity index (χ3v) is 3.61. The Bertz CT molecular complexity index is 566. The molecule has 0 radical (unpaired) electrons. The zero-order chi connectivity index (χ0) is 15.3. The fraction of sp³-hybridized carbons (Fsp3) is 0.357. The number of hydrogen-bond acceptors (Lipinski definition) is 4. The lowest BCUT2D eigenvalue weighted by molar-refractivity contribution is -0.137. The molecule has 0 aliphatic heterocycles. The second-order valence-electron chi connectivity index (χ2n) is 4.39. The number of aromatic nitrogens is 1. The fourth-order valence-electron chi connectivity index (χ4n) is 1.68. The first kappa shape index (κ1) is 15.8. The van der Waals surface area contributed by atoms with E-state index in [0.29, 0.717) is 25.4 Å². The van der Waals surface area contributed by atoms with E-state index in [2.05, 4.69) is 10.3 Å². The van der Waals surface area contributed by atoms with Crippen LogP contribution in [0.5, 0.6) is 5.75 Å². The molecule has 2 rings (SSSR count). The minimum absolute atomic E-state index is 0.392. The normalized spacial score (nSPS) is 11.6. The Balaban J connectivity index is 1.69. The maximum absolute atomic E-state index is 12.4. The van der Waals surface area contributed by atoms with Crippen molar-refractivity contribution in [3.63, 3.8) is 0 Å². The van der Waals surface area contributed by atoms with E-state index in [-0.39, 0.29) is 0 Å². The van der Waals surface area contributed by atoms with Gasteiger partial charge in [-0.1, -0.05) is 0 Å². The summed E-state index contributed by atoms with van der Waals surface area (Å²) in [5.74, 6) is 0.429. The van der Waals surface area contributed by atoms with E-state index in [1.54, 1.807) is 11.3 Å². The molecule has 3 nitrogen and oxygen atoms in total. The molecule has 0 aliphatic rings. The molecule has 0 spiro atoms. The van der Waals surface area contributed by atoms with Gasteiger partial charge in [0.25, 0.3) is 0 Å². The number of alkyl halides is 3. The van der Waals surface area contributed by atoms with E-state index < -0.39 is 11.7 Å². The topological polar surface area (TPSA) is 34.2 Å². The first-order valence-electron chi connectivity index (χ1n) is 6.37. The Morgan fingerprint density at radius 3 is 2.52 bits per heavy atom. The first-order chi connectivity index (χ1) is 9.95. The average molecular weight is 316 g/mol. The molecule has 0 unspecified atom stereocenters. The largest absolute Gasteiger partial charge is 0.492 e. The Morgan fingerprint density at radius 1 is 1.24 bits per heavy atom. The quantitative estimate of drug-likeness (QED) is 0.826. The third kappa shape index (κ3) is 5.02. The van der Waals surface area contributed by atoms with Crippen molar-refractivity contribution in [2.24, 2.45) is 0 Å². The van der Waals surface area contributed by atoms with Crippen LogP contribution in [0.1, 0.15) is 15.4 Å². The predicted octanol–water partition coefficient (Wildman–Crippen LogP) is 3.64. The van der Waals surface area contributed by atoms with E-state index in [1.165, 1.54) is 12.1 Å². The molecule has 0 saturated carbocycles. The molecule has 0 amide bonds. The molecular weight excluding hydrogens is 301 g/mol. The van der Waals surface area contributed by atoms with Crippen molar-refractivity contribution in [2.75, 3.05) is 13.2 Å². The summed E-state index contributed by atoms with van der Waals surface area (Å²) in [6.45, 7) is 3.66. The van der Waals surface area contributed by atoms with Crippen LogP contribution < -0.4 is 10.1 Å². The maximum atomic E-state index is 12.4. The zero-order valence-electron chi connectivity index (χ0n) is 11.4. The molecule has 2 aromatic rings. The van der Waals surface area contributed by atoms with E-state index in [4.69, 9.17) is 4.74 Å². The molecule has 114 valence electrons. The maximum Gasteiger partial charge on any atom is 0.416 e. The summed E-state index contributed by atoms with van der Waals surface area (Å²) < 4.78 is 42.5. The lowest BCUT2D eigenvalue weighted by Crippen LogP contribution is -2.20. The van der Waals surface area contributed by atoms with Crippen molar-refractivity contribution >= 4 is 11.3 Å². The number of rotatable bonds is 6. The van der Waals surface area contributed by atoms with Gasteiger partial charge in [0.2, 0.25) is 0 Å². The Morgan fingerprint density at radius 2 is 1.95 bits per heavy atom. The smallest absolute Gasteiger partial charge is 0.416 e. The summed E-state index contributed by atoms with van der Waals surface area (Å²) in [5.41, 5.74) is -0.673. The van der Waals surface area contributed by atoms with Crippen molar-refractivity contribution in [1.29, 1.82) is 0 Å². The van der Waals surface area contributed by atoms with Gasteiger partial charge in [-0.15, -0.1) is 11.3 Å². The minimum atomic E-state index is -4.31. The van der Waals surface area contributed by atoms with E-state index >= 15 is 0 Å². The van der Waals surface area contributed by atoms with Crippen LogP contribution in [0.3, 0.4) is 0 Å². The molecule has 1 aromatic carbocycles. The Kier molecular flexibility index (Phi) is 5.19. The van der Waals surface area contributed by atoms with Gasteiger partial charge in [0.1, 0.15) is 12.4 Å². The van der Waals surface area contributed by atoms with Crippen molar-refractivity contribution < 1.29 is 17.9 Å². The van der Waals surface area contributed by atoms with Crippen LogP contribution in [0.25, 0.3) is 0 Å². The summed E-state index contributed by atoms with van der Waals surface area (Å²) in [5, 5.41) is 4.21. The number of nitrogens with zero attached hydrogens (tertiary/aromatic N) is 1. The highest BCUT2D eigenvalue weighted by Gasteiger charge is 2.29. The molecule has 21 heavy (non-hydrogen) atoms. The Labute approximate surface area is 124 Å². The van der Waals surface area contributed by atoms with Gasteiger partial charge in [0.15, 0.2) is 0 Å². The summed E-state index contributed by atoms with van der Waals surface area (Å²) in [6, 6.07) is 4.69. The molecular formula is C14H15F3N2OS. The van der Waals surface area contributed by atoms with Crippen molar-refractivity contribution in [3.05, 3.63) is 45.9 Å². The van der Waals surface area contributed by atoms with Crippen molar-refractivity contribution in [3.8, 4) is 5.75 Å². The molecule has 0 fully saturated rings. The van der Waals surface area contributed by atoms with Crippen LogP contribution in [0, 0.1) is 6.92 Å². The molecule has 0 atom stereocenters. The van der Waals surface area contributed by atoms with Gasteiger partial charge in [-0.2, -0.15) is 13.2 Å². The highest BCUT2D eigenvalue weighted by atomic mass is 32.1. The monoisotopic (exact) mass is 316 g/mol. The molecule has 1 aromatic heterocycles. The molecule has 0 aliphatic carbocycles.